The number of nitrogens with one attached hydrogen (secondary N) is 1. The number of methoxy groups -OCH3 is 1. The summed E-state index contributed by atoms with van der Waals surface area (Å²) in [6, 6.07) is 10.6. The van der Waals surface area contributed by atoms with Crippen LogP contribution in [0.5, 0.6) is 5.75 Å². The molecule has 32 heavy (non-hydrogen) atoms. The third-order valence-electron chi connectivity index (χ3n) is 5.87. The maximum atomic E-state index is 14.1. The van der Waals surface area contributed by atoms with Gasteiger partial charge in [0.25, 0.3) is 0 Å². The number of esters is 1. The van der Waals surface area contributed by atoms with E-state index in [1.54, 1.807) is 38.3 Å². The Balaban J connectivity index is 1.68. The lowest BCUT2D eigenvalue weighted by molar-refractivity contribution is -0.141. The zero-order chi connectivity index (χ0) is 22.8. The number of benzene rings is 2. The summed E-state index contributed by atoms with van der Waals surface area (Å²) in [6.07, 6.45) is 2.83. The molecule has 1 N–H and O–H groups in total. The molecule has 166 valence electrons. The van der Waals surface area contributed by atoms with Crippen molar-refractivity contribution < 1.29 is 27.8 Å². The number of halogens is 2. The highest BCUT2D eigenvalue weighted by molar-refractivity contribution is 5.96. The molecule has 0 amide bonds. The SMILES string of the molecule is COc1ccc(COC(=O)C2=C(C)NC3=CCCC(=O)C3C2c2ccc(F)c(F)c2)cc1. The van der Waals surface area contributed by atoms with Crippen LogP contribution in [0.3, 0.4) is 0 Å². The van der Waals surface area contributed by atoms with Gasteiger partial charge in [-0.25, -0.2) is 13.6 Å². The molecular formula is C25H23F2NO4. The van der Waals surface area contributed by atoms with Crippen LogP contribution in [-0.4, -0.2) is 18.9 Å². The van der Waals surface area contributed by atoms with E-state index in [-0.39, 0.29) is 18.0 Å². The van der Waals surface area contributed by atoms with E-state index in [0.717, 1.165) is 17.7 Å². The molecule has 2 atom stereocenters. The number of ether oxygens (including phenoxy) is 2. The van der Waals surface area contributed by atoms with Gasteiger partial charge in [-0.05, 0) is 48.7 Å². The molecule has 2 aromatic rings. The van der Waals surface area contributed by atoms with Crippen LogP contribution in [-0.2, 0) is 20.9 Å². The topological polar surface area (TPSA) is 64.6 Å². The molecule has 0 saturated heterocycles. The molecule has 7 heteroatoms. The van der Waals surface area contributed by atoms with Gasteiger partial charge in [0.1, 0.15) is 18.1 Å². The Morgan fingerprint density at radius 2 is 1.84 bits per heavy atom. The van der Waals surface area contributed by atoms with Crippen LogP contribution in [0.25, 0.3) is 0 Å². The van der Waals surface area contributed by atoms with Gasteiger partial charge in [-0.1, -0.05) is 24.3 Å². The minimum atomic E-state index is -1.03. The Morgan fingerprint density at radius 3 is 2.53 bits per heavy atom. The summed E-state index contributed by atoms with van der Waals surface area (Å²) in [5.74, 6) is -3.45. The number of rotatable bonds is 5. The predicted octanol–water partition coefficient (Wildman–Crippen LogP) is 4.54. The van der Waals surface area contributed by atoms with E-state index >= 15 is 0 Å². The van der Waals surface area contributed by atoms with E-state index in [1.165, 1.54) is 6.07 Å². The van der Waals surface area contributed by atoms with Crippen LogP contribution in [0.4, 0.5) is 8.78 Å². The molecule has 4 rings (SSSR count). The Bertz CT molecular complexity index is 1120. The summed E-state index contributed by atoms with van der Waals surface area (Å²) in [7, 11) is 1.56. The third kappa shape index (κ3) is 4.15. The van der Waals surface area contributed by atoms with E-state index in [0.29, 0.717) is 35.5 Å². The monoisotopic (exact) mass is 439 g/mol. The molecule has 1 aliphatic heterocycles. The van der Waals surface area contributed by atoms with Crippen LogP contribution < -0.4 is 10.1 Å². The fraction of sp³-hybridized carbons (Fsp3) is 0.280. The molecular weight excluding hydrogens is 416 g/mol. The lowest BCUT2D eigenvalue weighted by atomic mass is 9.71. The first kappa shape index (κ1) is 21.7. The van der Waals surface area contributed by atoms with Gasteiger partial charge in [-0.15, -0.1) is 0 Å². The standard InChI is InChI=1S/C25H23F2NO4/c1-14-22(25(30)32-13-15-6-9-17(31-2)10-7-15)23(16-8-11-18(26)19(27)12-16)24-20(28-14)4-3-5-21(24)29/h4,6-12,23-24,28H,3,5,13H2,1-2H3. The molecule has 0 fully saturated rings. The molecule has 0 spiro atoms. The summed E-state index contributed by atoms with van der Waals surface area (Å²) in [5, 5.41) is 3.15. The zero-order valence-electron chi connectivity index (χ0n) is 17.8. The number of allylic oxidation sites excluding steroid dienone is 3. The Morgan fingerprint density at radius 1 is 1.09 bits per heavy atom. The molecule has 1 aliphatic carbocycles. The van der Waals surface area contributed by atoms with Crippen LogP contribution in [0.15, 0.2) is 65.5 Å². The van der Waals surface area contributed by atoms with Gasteiger partial charge in [-0.3, -0.25) is 4.79 Å². The quantitative estimate of drug-likeness (QED) is 0.693. The highest BCUT2D eigenvalue weighted by atomic mass is 19.2. The number of Topliss-reactive ketones (excluding diaryl/α,β-unsaturated/α-hetero) is 1. The smallest absolute Gasteiger partial charge is 0.336 e. The first-order valence-corrected chi connectivity index (χ1v) is 10.3. The van der Waals surface area contributed by atoms with Crippen LogP contribution in [0.2, 0.25) is 0 Å². The van der Waals surface area contributed by atoms with Crippen molar-refractivity contribution in [3.8, 4) is 5.75 Å². The number of hydrogen-bond acceptors (Lipinski definition) is 5. The highest BCUT2D eigenvalue weighted by Crippen LogP contribution is 2.44. The summed E-state index contributed by atoms with van der Waals surface area (Å²) in [6.45, 7) is 1.73. The number of hydrogen-bond donors (Lipinski definition) is 1. The van der Waals surface area contributed by atoms with Crippen LogP contribution in [0.1, 0.15) is 36.8 Å². The van der Waals surface area contributed by atoms with Gasteiger partial charge in [0, 0.05) is 23.7 Å². The maximum Gasteiger partial charge on any atom is 0.336 e. The van der Waals surface area contributed by atoms with E-state index in [4.69, 9.17) is 9.47 Å². The van der Waals surface area contributed by atoms with Gasteiger partial charge in [0.05, 0.1) is 18.6 Å². The summed E-state index contributed by atoms with van der Waals surface area (Å²) in [4.78, 5) is 26.0. The Hall–Kier alpha value is -3.48. The minimum Gasteiger partial charge on any atom is -0.497 e. The van der Waals surface area contributed by atoms with E-state index in [2.05, 4.69) is 5.32 Å². The van der Waals surface area contributed by atoms with Crippen molar-refractivity contribution in [1.29, 1.82) is 0 Å². The van der Waals surface area contributed by atoms with E-state index < -0.39 is 29.4 Å². The van der Waals surface area contributed by atoms with Crippen molar-refractivity contribution in [1.82, 2.24) is 5.32 Å². The highest BCUT2D eigenvalue weighted by Gasteiger charge is 2.43. The second-order valence-electron chi connectivity index (χ2n) is 7.88. The van der Waals surface area contributed by atoms with Crippen molar-refractivity contribution >= 4 is 11.8 Å². The molecule has 1 heterocycles. The number of carbonyl (C=O) groups is 2. The fourth-order valence-corrected chi connectivity index (χ4v) is 4.30. The second-order valence-corrected chi connectivity index (χ2v) is 7.88. The normalized spacial score (nSPS) is 20.2. The van der Waals surface area contributed by atoms with E-state index in [9.17, 15) is 18.4 Å². The van der Waals surface area contributed by atoms with Gasteiger partial charge in [0.15, 0.2) is 11.6 Å². The summed E-state index contributed by atoms with van der Waals surface area (Å²) in [5.41, 5.74) is 2.56. The number of carbonyl (C=O) groups excluding carboxylic acids is 2. The summed E-state index contributed by atoms with van der Waals surface area (Å²) >= 11 is 0. The predicted molar refractivity (Wildman–Crippen MR) is 114 cm³/mol. The maximum absolute atomic E-state index is 14.1. The lowest BCUT2D eigenvalue weighted by Gasteiger charge is -2.38. The Labute approximate surface area is 184 Å². The van der Waals surface area contributed by atoms with Crippen molar-refractivity contribution in [3.63, 3.8) is 0 Å². The molecule has 0 saturated carbocycles. The lowest BCUT2D eigenvalue weighted by Crippen LogP contribution is -2.40. The molecule has 2 unspecified atom stereocenters. The third-order valence-corrected chi connectivity index (χ3v) is 5.87. The first-order chi connectivity index (χ1) is 15.4. The fourth-order valence-electron chi connectivity index (χ4n) is 4.30. The van der Waals surface area contributed by atoms with Gasteiger partial charge >= 0.3 is 5.97 Å². The van der Waals surface area contributed by atoms with Crippen LogP contribution in [0, 0.1) is 17.6 Å². The molecule has 0 aromatic heterocycles. The second kappa shape index (κ2) is 8.94. The molecule has 2 aromatic carbocycles. The van der Waals surface area contributed by atoms with Crippen molar-refractivity contribution in [2.24, 2.45) is 5.92 Å². The first-order valence-electron chi connectivity index (χ1n) is 10.3. The van der Waals surface area contributed by atoms with Crippen LogP contribution >= 0.6 is 0 Å². The Kier molecular flexibility index (Phi) is 6.08. The van der Waals surface area contributed by atoms with Gasteiger partial charge < -0.3 is 14.8 Å². The van der Waals surface area contributed by atoms with Crippen molar-refractivity contribution in [2.45, 2.75) is 32.3 Å². The van der Waals surface area contributed by atoms with Gasteiger partial charge in [-0.2, -0.15) is 0 Å². The summed E-state index contributed by atoms with van der Waals surface area (Å²) < 4.78 is 38.4. The molecule has 2 aliphatic rings. The zero-order valence-corrected chi connectivity index (χ0v) is 17.8. The van der Waals surface area contributed by atoms with Crippen molar-refractivity contribution in [2.75, 3.05) is 7.11 Å². The largest absolute Gasteiger partial charge is 0.497 e. The minimum absolute atomic E-state index is 0.0193. The molecule has 0 bridgehead atoms. The number of fused-ring (bicyclic) bond motifs is 1. The molecule has 0 radical (unpaired) electrons. The van der Waals surface area contributed by atoms with E-state index in [1.807, 2.05) is 6.08 Å². The average Bonchev–Trinajstić information content (AvgIpc) is 2.79. The van der Waals surface area contributed by atoms with Gasteiger partial charge in [0.2, 0.25) is 0 Å². The van der Waals surface area contributed by atoms with Crippen molar-refractivity contribution in [3.05, 3.63) is 88.3 Å². The molecule has 5 nitrogen and oxygen atoms in total. The average molecular weight is 439 g/mol. The number of ketones is 1.